The predicted octanol–water partition coefficient (Wildman–Crippen LogP) is 0.233. The number of nitrogens with two attached hydrogens (primary N) is 1. The van der Waals surface area contributed by atoms with Crippen LogP contribution >= 0.6 is 0 Å². The standard InChI is InChI=1S/C10H22N2O2S/c1-12(7-8-15(2,13)14)10-5-3-9(11)4-6-10/h9-10H,3-8,11H2,1-2H3/t9-,10-. The fourth-order valence-corrected chi connectivity index (χ4v) is 2.65. The van der Waals surface area contributed by atoms with E-state index in [9.17, 15) is 8.42 Å². The maximum atomic E-state index is 11.0. The highest BCUT2D eigenvalue weighted by Gasteiger charge is 2.22. The number of rotatable bonds is 4. The Balaban J connectivity index is 2.31. The summed E-state index contributed by atoms with van der Waals surface area (Å²) < 4.78 is 22.0. The summed E-state index contributed by atoms with van der Waals surface area (Å²) in [7, 11) is -0.828. The van der Waals surface area contributed by atoms with Gasteiger partial charge in [-0.1, -0.05) is 0 Å². The second-order valence-corrected chi connectivity index (χ2v) is 6.94. The average molecular weight is 234 g/mol. The lowest BCUT2D eigenvalue weighted by molar-refractivity contribution is 0.192. The molecule has 1 rings (SSSR count). The molecule has 0 spiro atoms. The molecule has 0 aromatic rings. The fraction of sp³-hybridized carbons (Fsp3) is 1.00. The van der Waals surface area contributed by atoms with Crippen LogP contribution in [0.2, 0.25) is 0 Å². The summed E-state index contributed by atoms with van der Waals surface area (Å²) in [6.45, 7) is 0.638. The van der Waals surface area contributed by atoms with E-state index in [1.165, 1.54) is 6.26 Å². The highest BCUT2D eigenvalue weighted by atomic mass is 32.2. The van der Waals surface area contributed by atoms with Gasteiger partial charge in [0.25, 0.3) is 0 Å². The lowest BCUT2D eigenvalue weighted by Gasteiger charge is -2.33. The van der Waals surface area contributed by atoms with Crippen molar-refractivity contribution in [3.8, 4) is 0 Å². The zero-order valence-corrected chi connectivity index (χ0v) is 10.5. The third kappa shape index (κ3) is 4.95. The summed E-state index contributed by atoms with van der Waals surface area (Å²) in [6, 6.07) is 0.871. The van der Waals surface area contributed by atoms with Crippen molar-refractivity contribution >= 4 is 9.84 Å². The molecule has 0 heterocycles. The summed E-state index contributed by atoms with van der Waals surface area (Å²) in [4.78, 5) is 2.16. The Labute approximate surface area is 92.7 Å². The molecule has 0 unspecified atom stereocenters. The van der Waals surface area contributed by atoms with E-state index >= 15 is 0 Å². The Kier molecular flexibility index (Phi) is 4.55. The molecule has 1 saturated carbocycles. The Morgan fingerprint density at radius 1 is 1.27 bits per heavy atom. The van der Waals surface area contributed by atoms with Crippen LogP contribution in [0.5, 0.6) is 0 Å². The molecule has 0 radical (unpaired) electrons. The van der Waals surface area contributed by atoms with Crippen molar-refractivity contribution in [2.24, 2.45) is 5.73 Å². The first-order valence-corrected chi connectivity index (χ1v) is 7.58. The molecule has 0 saturated heterocycles. The van der Waals surface area contributed by atoms with Crippen LogP contribution in [-0.2, 0) is 9.84 Å². The summed E-state index contributed by atoms with van der Waals surface area (Å²) >= 11 is 0. The van der Waals surface area contributed by atoms with E-state index < -0.39 is 9.84 Å². The molecule has 0 aromatic heterocycles. The normalized spacial score (nSPS) is 28.3. The van der Waals surface area contributed by atoms with Crippen molar-refractivity contribution in [1.29, 1.82) is 0 Å². The maximum absolute atomic E-state index is 11.0. The smallest absolute Gasteiger partial charge is 0.148 e. The van der Waals surface area contributed by atoms with Gasteiger partial charge in [-0.05, 0) is 32.7 Å². The maximum Gasteiger partial charge on any atom is 0.148 e. The monoisotopic (exact) mass is 234 g/mol. The summed E-state index contributed by atoms with van der Waals surface area (Å²) in [5, 5.41) is 0. The largest absolute Gasteiger partial charge is 0.328 e. The second kappa shape index (κ2) is 5.27. The molecule has 90 valence electrons. The number of nitrogens with zero attached hydrogens (tertiary/aromatic N) is 1. The number of hydrogen-bond acceptors (Lipinski definition) is 4. The van der Waals surface area contributed by atoms with Crippen LogP contribution in [0, 0.1) is 0 Å². The van der Waals surface area contributed by atoms with Crippen molar-refractivity contribution in [2.75, 3.05) is 25.6 Å². The minimum absolute atomic E-state index is 0.256. The van der Waals surface area contributed by atoms with E-state index in [0.717, 1.165) is 25.7 Å². The van der Waals surface area contributed by atoms with Crippen LogP contribution in [0.1, 0.15) is 25.7 Å². The highest BCUT2D eigenvalue weighted by Crippen LogP contribution is 2.20. The van der Waals surface area contributed by atoms with Crippen molar-refractivity contribution in [3.63, 3.8) is 0 Å². The zero-order chi connectivity index (χ0) is 11.5. The molecular weight excluding hydrogens is 212 g/mol. The summed E-state index contributed by atoms with van der Waals surface area (Å²) in [5.74, 6) is 0.256. The molecule has 2 N–H and O–H groups in total. The van der Waals surface area contributed by atoms with E-state index in [-0.39, 0.29) is 5.75 Å². The number of hydrogen-bond donors (Lipinski definition) is 1. The van der Waals surface area contributed by atoms with E-state index in [1.54, 1.807) is 0 Å². The van der Waals surface area contributed by atoms with Crippen LogP contribution in [0.15, 0.2) is 0 Å². The average Bonchev–Trinajstić information content (AvgIpc) is 2.14. The van der Waals surface area contributed by atoms with Crippen molar-refractivity contribution in [2.45, 2.75) is 37.8 Å². The lowest BCUT2D eigenvalue weighted by Crippen LogP contribution is -2.40. The van der Waals surface area contributed by atoms with Gasteiger partial charge in [-0.25, -0.2) is 8.42 Å². The van der Waals surface area contributed by atoms with Crippen molar-refractivity contribution in [3.05, 3.63) is 0 Å². The van der Waals surface area contributed by atoms with Crippen LogP contribution in [0.4, 0.5) is 0 Å². The summed E-state index contributed by atoms with van der Waals surface area (Å²) in [5.41, 5.74) is 5.83. The van der Waals surface area contributed by atoms with E-state index in [2.05, 4.69) is 4.90 Å². The molecule has 1 aliphatic rings. The third-order valence-corrected chi connectivity index (χ3v) is 4.10. The first kappa shape index (κ1) is 12.9. The minimum atomic E-state index is -2.83. The molecule has 0 aromatic carbocycles. The topological polar surface area (TPSA) is 63.4 Å². The van der Waals surface area contributed by atoms with Crippen LogP contribution in [0.3, 0.4) is 0 Å². The molecule has 1 fully saturated rings. The Bertz CT molecular complexity index is 282. The van der Waals surface area contributed by atoms with Crippen LogP contribution < -0.4 is 5.73 Å². The van der Waals surface area contributed by atoms with Crippen molar-refractivity contribution < 1.29 is 8.42 Å². The molecular formula is C10H22N2O2S. The van der Waals surface area contributed by atoms with Crippen LogP contribution in [0.25, 0.3) is 0 Å². The first-order chi connectivity index (χ1) is 6.88. The van der Waals surface area contributed by atoms with Gasteiger partial charge in [0.1, 0.15) is 9.84 Å². The Hall–Kier alpha value is -0.130. The fourth-order valence-electron chi connectivity index (χ4n) is 2.03. The molecule has 0 aliphatic heterocycles. The van der Waals surface area contributed by atoms with Gasteiger partial charge in [0, 0.05) is 24.9 Å². The summed E-state index contributed by atoms with van der Waals surface area (Å²) in [6.07, 6.45) is 5.61. The molecule has 0 bridgehead atoms. The van der Waals surface area contributed by atoms with E-state index in [0.29, 0.717) is 18.6 Å². The quantitative estimate of drug-likeness (QED) is 0.756. The van der Waals surface area contributed by atoms with Gasteiger partial charge in [-0.2, -0.15) is 0 Å². The van der Waals surface area contributed by atoms with Crippen LogP contribution in [-0.4, -0.2) is 51.0 Å². The van der Waals surface area contributed by atoms with Crippen molar-refractivity contribution in [1.82, 2.24) is 4.90 Å². The number of sulfone groups is 1. The minimum Gasteiger partial charge on any atom is -0.328 e. The molecule has 5 heteroatoms. The molecule has 15 heavy (non-hydrogen) atoms. The molecule has 4 nitrogen and oxygen atoms in total. The Morgan fingerprint density at radius 2 is 1.80 bits per heavy atom. The van der Waals surface area contributed by atoms with Gasteiger partial charge in [0.15, 0.2) is 0 Å². The molecule has 0 amide bonds. The van der Waals surface area contributed by atoms with Gasteiger partial charge < -0.3 is 10.6 Å². The SMILES string of the molecule is CN(CCS(C)(=O)=O)[C@H]1CC[C@H](N)CC1. The molecule has 0 atom stereocenters. The van der Waals surface area contributed by atoms with E-state index in [4.69, 9.17) is 5.73 Å². The molecule has 1 aliphatic carbocycles. The lowest BCUT2D eigenvalue weighted by atomic mass is 9.91. The van der Waals surface area contributed by atoms with Gasteiger partial charge in [0.2, 0.25) is 0 Å². The zero-order valence-electron chi connectivity index (χ0n) is 9.65. The Morgan fingerprint density at radius 3 is 2.27 bits per heavy atom. The van der Waals surface area contributed by atoms with Gasteiger partial charge in [0.05, 0.1) is 5.75 Å². The third-order valence-electron chi connectivity index (χ3n) is 3.18. The van der Waals surface area contributed by atoms with Gasteiger partial charge in [-0.15, -0.1) is 0 Å². The van der Waals surface area contributed by atoms with E-state index in [1.807, 2.05) is 7.05 Å². The van der Waals surface area contributed by atoms with Gasteiger partial charge >= 0.3 is 0 Å². The van der Waals surface area contributed by atoms with Gasteiger partial charge in [-0.3, -0.25) is 0 Å². The predicted molar refractivity (Wildman–Crippen MR) is 62.6 cm³/mol. The first-order valence-electron chi connectivity index (χ1n) is 5.52. The second-order valence-electron chi connectivity index (χ2n) is 4.68. The highest BCUT2D eigenvalue weighted by molar-refractivity contribution is 7.90.